The van der Waals surface area contributed by atoms with Crippen LogP contribution in [-0.4, -0.2) is 28.4 Å². The highest BCUT2D eigenvalue weighted by Gasteiger charge is 2.20. The van der Waals surface area contributed by atoms with Crippen LogP contribution in [0, 0.1) is 11.3 Å². The maximum Gasteiger partial charge on any atom is 0.317 e. The largest absolute Gasteiger partial charge is 0.497 e. The molecule has 0 saturated heterocycles. The van der Waals surface area contributed by atoms with E-state index >= 15 is 0 Å². The number of benzene rings is 1. The van der Waals surface area contributed by atoms with Gasteiger partial charge in [-0.05, 0) is 42.8 Å². The molecule has 1 aromatic heterocycles. The molecule has 0 bridgehead atoms. The lowest BCUT2D eigenvalue weighted by Gasteiger charge is -2.11. The summed E-state index contributed by atoms with van der Waals surface area (Å²) >= 11 is 1.11. The van der Waals surface area contributed by atoms with Crippen molar-refractivity contribution in [1.82, 2.24) is 4.98 Å². The van der Waals surface area contributed by atoms with Crippen LogP contribution in [0.4, 0.5) is 0 Å². The van der Waals surface area contributed by atoms with Gasteiger partial charge < -0.3 is 9.84 Å². The Labute approximate surface area is 138 Å². The Bertz CT molecular complexity index is 738. The zero-order chi connectivity index (χ0) is 16.8. The fraction of sp³-hybridized carbons (Fsp3) is 0.235. The van der Waals surface area contributed by atoms with Crippen molar-refractivity contribution in [1.29, 1.82) is 5.26 Å². The predicted octanol–water partition coefficient (Wildman–Crippen LogP) is 3.58. The molecule has 1 atom stereocenters. The number of carboxylic acid groups (broad SMARTS) is 1. The Morgan fingerprint density at radius 3 is 2.57 bits per heavy atom. The molecule has 0 amide bonds. The van der Waals surface area contributed by atoms with E-state index in [2.05, 4.69) is 11.1 Å². The van der Waals surface area contributed by atoms with Gasteiger partial charge in [0.1, 0.15) is 22.1 Å². The first-order chi connectivity index (χ1) is 11.1. The number of carboxylic acids is 1. The molecule has 1 heterocycles. The maximum atomic E-state index is 11.2. The van der Waals surface area contributed by atoms with Crippen molar-refractivity contribution in [3.8, 4) is 23.1 Å². The second-order valence-corrected chi connectivity index (χ2v) is 5.93. The highest BCUT2D eigenvalue weighted by molar-refractivity contribution is 8.00. The van der Waals surface area contributed by atoms with E-state index in [1.54, 1.807) is 26.2 Å². The van der Waals surface area contributed by atoms with Crippen molar-refractivity contribution in [2.75, 3.05) is 7.11 Å². The maximum absolute atomic E-state index is 11.2. The van der Waals surface area contributed by atoms with Gasteiger partial charge in [0, 0.05) is 5.56 Å². The molecule has 0 saturated carbocycles. The van der Waals surface area contributed by atoms with Gasteiger partial charge in [0.25, 0.3) is 0 Å². The summed E-state index contributed by atoms with van der Waals surface area (Å²) in [5, 5.41) is 18.2. The minimum atomic E-state index is -0.905. The number of aromatic nitrogens is 1. The average Bonchev–Trinajstić information content (AvgIpc) is 2.59. The normalized spacial score (nSPS) is 11.5. The Balaban J connectivity index is 2.38. The number of hydrogen-bond acceptors (Lipinski definition) is 5. The van der Waals surface area contributed by atoms with Crippen LogP contribution in [0.1, 0.15) is 18.9 Å². The first-order valence-electron chi connectivity index (χ1n) is 7.04. The molecule has 118 valence electrons. The van der Waals surface area contributed by atoms with E-state index in [1.165, 1.54) is 0 Å². The number of carbonyl (C=O) groups is 1. The predicted molar refractivity (Wildman–Crippen MR) is 88.5 cm³/mol. The van der Waals surface area contributed by atoms with E-state index in [1.807, 2.05) is 24.3 Å². The topological polar surface area (TPSA) is 83.2 Å². The van der Waals surface area contributed by atoms with Crippen molar-refractivity contribution < 1.29 is 14.6 Å². The lowest BCUT2D eigenvalue weighted by Crippen LogP contribution is -2.15. The molecule has 1 N–H and O–H groups in total. The molecule has 1 aromatic carbocycles. The summed E-state index contributed by atoms with van der Waals surface area (Å²) in [4.78, 5) is 15.7. The number of pyridine rings is 1. The molecule has 2 rings (SSSR count). The van der Waals surface area contributed by atoms with Gasteiger partial charge in [0.2, 0.25) is 0 Å². The average molecular weight is 328 g/mol. The third-order valence-electron chi connectivity index (χ3n) is 3.27. The van der Waals surface area contributed by atoms with Gasteiger partial charge in [-0.2, -0.15) is 5.26 Å². The fourth-order valence-electron chi connectivity index (χ4n) is 1.98. The number of aliphatic carboxylic acids is 1. The first-order valence-corrected chi connectivity index (χ1v) is 7.92. The number of nitriles is 1. The van der Waals surface area contributed by atoms with Crippen LogP contribution in [0.3, 0.4) is 0 Å². The van der Waals surface area contributed by atoms with Gasteiger partial charge in [0.05, 0.1) is 18.4 Å². The quantitative estimate of drug-likeness (QED) is 0.816. The lowest BCUT2D eigenvalue weighted by molar-refractivity contribution is -0.136. The van der Waals surface area contributed by atoms with E-state index in [0.29, 0.717) is 22.7 Å². The van der Waals surface area contributed by atoms with Crippen molar-refractivity contribution in [3.63, 3.8) is 0 Å². The van der Waals surface area contributed by atoms with Crippen molar-refractivity contribution in [3.05, 3.63) is 42.0 Å². The van der Waals surface area contributed by atoms with Gasteiger partial charge in [0.15, 0.2) is 0 Å². The van der Waals surface area contributed by atoms with E-state index in [0.717, 1.165) is 23.1 Å². The molecule has 2 aromatic rings. The lowest BCUT2D eigenvalue weighted by atomic mass is 10.1. The summed E-state index contributed by atoms with van der Waals surface area (Å²) in [6, 6.07) is 12.9. The highest BCUT2D eigenvalue weighted by atomic mass is 32.2. The summed E-state index contributed by atoms with van der Waals surface area (Å²) in [6.07, 6.45) is 0.458. The van der Waals surface area contributed by atoms with Crippen molar-refractivity contribution in [2.24, 2.45) is 0 Å². The standard InChI is InChI=1S/C17H16N2O3S/c1-3-15(17(20)21)23-16-12(10-18)6-9-14(19-16)11-4-7-13(22-2)8-5-11/h4-9,15H,3H2,1-2H3,(H,20,21). The number of rotatable bonds is 6. The summed E-state index contributed by atoms with van der Waals surface area (Å²) in [7, 11) is 1.60. The van der Waals surface area contributed by atoms with Crippen LogP contribution in [0.15, 0.2) is 41.4 Å². The second-order valence-electron chi connectivity index (χ2n) is 4.74. The van der Waals surface area contributed by atoms with Crippen LogP contribution < -0.4 is 4.74 Å². The second kappa shape index (κ2) is 7.65. The highest BCUT2D eigenvalue weighted by Crippen LogP contribution is 2.30. The Morgan fingerprint density at radius 2 is 2.04 bits per heavy atom. The molecule has 0 aliphatic rings. The van der Waals surface area contributed by atoms with Gasteiger partial charge in [-0.25, -0.2) is 4.98 Å². The number of nitrogens with zero attached hydrogens (tertiary/aromatic N) is 2. The number of thioether (sulfide) groups is 1. The van der Waals surface area contributed by atoms with Crippen LogP contribution in [0.25, 0.3) is 11.3 Å². The van der Waals surface area contributed by atoms with Crippen molar-refractivity contribution in [2.45, 2.75) is 23.6 Å². The molecule has 5 nitrogen and oxygen atoms in total. The van der Waals surface area contributed by atoms with Crippen molar-refractivity contribution >= 4 is 17.7 Å². The van der Waals surface area contributed by atoms with Gasteiger partial charge in [-0.3, -0.25) is 4.79 Å². The van der Waals surface area contributed by atoms with Crippen LogP contribution >= 0.6 is 11.8 Å². The third-order valence-corrected chi connectivity index (χ3v) is 4.62. The molecule has 23 heavy (non-hydrogen) atoms. The number of hydrogen-bond donors (Lipinski definition) is 1. The molecule has 6 heteroatoms. The number of methoxy groups -OCH3 is 1. The fourth-order valence-corrected chi connectivity index (χ4v) is 2.91. The third kappa shape index (κ3) is 4.02. The SMILES string of the molecule is CCC(Sc1nc(-c2ccc(OC)cc2)ccc1C#N)C(=O)O. The molecule has 0 aliphatic heterocycles. The zero-order valence-corrected chi connectivity index (χ0v) is 13.6. The molecule has 0 radical (unpaired) electrons. The zero-order valence-electron chi connectivity index (χ0n) is 12.8. The van der Waals surface area contributed by atoms with E-state index < -0.39 is 11.2 Å². The van der Waals surface area contributed by atoms with E-state index in [9.17, 15) is 15.2 Å². The van der Waals surface area contributed by atoms with Gasteiger partial charge >= 0.3 is 5.97 Å². The molecule has 1 unspecified atom stereocenters. The Hall–Kier alpha value is -2.52. The summed E-state index contributed by atoms with van der Waals surface area (Å²) < 4.78 is 5.13. The molecule has 0 spiro atoms. The summed E-state index contributed by atoms with van der Waals surface area (Å²) in [5.41, 5.74) is 1.95. The summed E-state index contributed by atoms with van der Waals surface area (Å²) in [5.74, 6) is -0.160. The number of ether oxygens (including phenoxy) is 1. The molecule has 0 aliphatic carbocycles. The van der Waals surface area contributed by atoms with Crippen LogP contribution in [-0.2, 0) is 4.79 Å². The Kier molecular flexibility index (Phi) is 5.61. The monoisotopic (exact) mass is 328 g/mol. The minimum absolute atomic E-state index is 0.381. The van der Waals surface area contributed by atoms with Gasteiger partial charge in [-0.15, -0.1) is 0 Å². The molecular weight excluding hydrogens is 312 g/mol. The molecular formula is C17H16N2O3S. The van der Waals surface area contributed by atoms with Crippen LogP contribution in [0.5, 0.6) is 5.75 Å². The smallest absolute Gasteiger partial charge is 0.317 e. The molecule has 0 fully saturated rings. The summed E-state index contributed by atoms with van der Waals surface area (Å²) in [6.45, 7) is 1.80. The minimum Gasteiger partial charge on any atom is -0.497 e. The first kappa shape index (κ1) is 16.8. The van der Waals surface area contributed by atoms with E-state index in [4.69, 9.17) is 4.74 Å². The Morgan fingerprint density at radius 1 is 1.35 bits per heavy atom. The van der Waals surface area contributed by atoms with E-state index in [-0.39, 0.29) is 0 Å². The van der Waals surface area contributed by atoms with Gasteiger partial charge in [-0.1, -0.05) is 18.7 Å². The van der Waals surface area contributed by atoms with Crippen LogP contribution in [0.2, 0.25) is 0 Å².